The van der Waals surface area contributed by atoms with Gasteiger partial charge in [-0.1, -0.05) is 30.3 Å². The summed E-state index contributed by atoms with van der Waals surface area (Å²) in [5.74, 6) is -0.908. The molecule has 2 aromatic carbocycles. The van der Waals surface area contributed by atoms with E-state index in [0.717, 1.165) is 4.88 Å². The number of nitro benzene ring substituents is 1. The highest BCUT2D eigenvalue weighted by molar-refractivity contribution is 7.15. The average Bonchev–Trinajstić information content (AvgIpc) is 2.96. The molecule has 1 aromatic heterocycles. The van der Waals surface area contributed by atoms with Gasteiger partial charge in [-0.05, 0) is 24.6 Å². The number of thiazole rings is 1. The number of aromatic nitrogens is 1. The van der Waals surface area contributed by atoms with Crippen molar-refractivity contribution in [1.29, 1.82) is 0 Å². The molecule has 0 fully saturated rings. The van der Waals surface area contributed by atoms with Crippen LogP contribution in [0.2, 0.25) is 0 Å². The third kappa shape index (κ3) is 3.75. The minimum absolute atomic E-state index is 0.0407. The van der Waals surface area contributed by atoms with Crippen LogP contribution in [0.25, 0.3) is 0 Å². The second-order valence-electron chi connectivity index (χ2n) is 5.52. The molecule has 0 saturated carbocycles. The number of anilines is 1. The maximum Gasteiger partial charge on any atom is 0.282 e. The molecule has 1 heterocycles. The van der Waals surface area contributed by atoms with Crippen LogP contribution in [0, 0.1) is 22.9 Å². The number of halogens is 1. The Balaban J connectivity index is 1.81. The quantitative estimate of drug-likeness (QED) is 0.534. The molecule has 3 rings (SSSR count). The first-order valence-corrected chi connectivity index (χ1v) is 8.52. The molecular weight excluding hydrogens is 357 g/mol. The van der Waals surface area contributed by atoms with Crippen LogP contribution in [0.4, 0.5) is 15.2 Å². The lowest BCUT2D eigenvalue weighted by Crippen LogP contribution is -2.13. The molecule has 8 heteroatoms. The SMILES string of the molecule is Cc1nc(NC(=O)c2ccccc2[N+](=O)[O-])sc1Cc1ccccc1F. The van der Waals surface area contributed by atoms with E-state index >= 15 is 0 Å². The number of rotatable bonds is 5. The molecule has 132 valence electrons. The summed E-state index contributed by atoms with van der Waals surface area (Å²) >= 11 is 1.22. The van der Waals surface area contributed by atoms with E-state index in [-0.39, 0.29) is 17.1 Å². The largest absolute Gasteiger partial charge is 0.298 e. The monoisotopic (exact) mass is 371 g/mol. The minimum atomic E-state index is -0.608. The molecule has 0 bridgehead atoms. The van der Waals surface area contributed by atoms with Crippen molar-refractivity contribution < 1.29 is 14.1 Å². The Morgan fingerprint density at radius 1 is 1.23 bits per heavy atom. The van der Waals surface area contributed by atoms with Crippen molar-refractivity contribution in [2.75, 3.05) is 5.32 Å². The molecule has 0 aliphatic heterocycles. The van der Waals surface area contributed by atoms with E-state index in [0.29, 0.717) is 22.8 Å². The molecule has 0 saturated heterocycles. The predicted molar refractivity (Wildman–Crippen MR) is 97.1 cm³/mol. The lowest BCUT2D eigenvalue weighted by atomic mass is 10.1. The molecule has 0 aliphatic rings. The number of nitro groups is 1. The highest BCUT2D eigenvalue weighted by Gasteiger charge is 2.20. The van der Waals surface area contributed by atoms with Crippen LogP contribution in [0.3, 0.4) is 0 Å². The van der Waals surface area contributed by atoms with Crippen molar-refractivity contribution in [3.05, 3.63) is 86.2 Å². The fourth-order valence-corrected chi connectivity index (χ4v) is 3.43. The van der Waals surface area contributed by atoms with Crippen molar-refractivity contribution >= 4 is 28.1 Å². The molecule has 6 nitrogen and oxygen atoms in total. The Labute approximate surface area is 152 Å². The summed E-state index contributed by atoms with van der Waals surface area (Å²) in [5.41, 5.74) is 0.901. The van der Waals surface area contributed by atoms with Crippen LogP contribution < -0.4 is 5.32 Å². The van der Waals surface area contributed by atoms with Crippen molar-refractivity contribution in [1.82, 2.24) is 4.98 Å². The number of nitrogens with one attached hydrogen (secondary N) is 1. The van der Waals surface area contributed by atoms with Crippen LogP contribution in [-0.4, -0.2) is 15.8 Å². The molecule has 26 heavy (non-hydrogen) atoms. The maximum absolute atomic E-state index is 13.8. The number of hydrogen-bond donors (Lipinski definition) is 1. The second kappa shape index (κ2) is 7.40. The Kier molecular flexibility index (Phi) is 5.04. The van der Waals surface area contributed by atoms with Gasteiger partial charge in [0.25, 0.3) is 11.6 Å². The van der Waals surface area contributed by atoms with Gasteiger partial charge >= 0.3 is 0 Å². The first kappa shape index (κ1) is 17.7. The van der Waals surface area contributed by atoms with Gasteiger partial charge in [0.05, 0.1) is 10.6 Å². The smallest absolute Gasteiger partial charge is 0.282 e. The number of nitrogens with zero attached hydrogens (tertiary/aromatic N) is 2. The summed E-state index contributed by atoms with van der Waals surface area (Å²) in [7, 11) is 0. The molecule has 1 N–H and O–H groups in total. The fourth-order valence-electron chi connectivity index (χ4n) is 2.45. The lowest BCUT2D eigenvalue weighted by Gasteiger charge is -2.02. The van der Waals surface area contributed by atoms with E-state index in [1.165, 1.54) is 35.6 Å². The number of carbonyl (C=O) groups is 1. The summed E-state index contributed by atoms with van der Waals surface area (Å²) in [5, 5.41) is 14.0. The van der Waals surface area contributed by atoms with Crippen LogP contribution in [0.5, 0.6) is 0 Å². The fraction of sp³-hybridized carbons (Fsp3) is 0.111. The summed E-state index contributed by atoms with van der Waals surface area (Å²) < 4.78 is 13.8. The Hall–Kier alpha value is -3.13. The predicted octanol–water partition coefficient (Wildman–Crippen LogP) is 4.34. The average molecular weight is 371 g/mol. The van der Waals surface area contributed by atoms with Gasteiger partial charge in [-0.25, -0.2) is 9.37 Å². The zero-order chi connectivity index (χ0) is 18.7. The van der Waals surface area contributed by atoms with Gasteiger partial charge in [-0.15, -0.1) is 11.3 Å². The summed E-state index contributed by atoms with van der Waals surface area (Å²) in [6, 6.07) is 12.2. The Bertz CT molecular complexity index is 987. The van der Waals surface area contributed by atoms with Gasteiger partial charge in [-0.2, -0.15) is 0 Å². The number of amides is 1. The van der Waals surface area contributed by atoms with E-state index < -0.39 is 10.8 Å². The van der Waals surface area contributed by atoms with Crippen LogP contribution in [0.15, 0.2) is 48.5 Å². The Morgan fingerprint density at radius 2 is 1.92 bits per heavy atom. The maximum atomic E-state index is 13.8. The highest BCUT2D eigenvalue weighted by atomic mass is 32.1. The molecule has 1 amide bonds. The number of aryl methyl sites for hydroxylation is 1. The van der Waals surface area contributed by atoms with Gasteiger partial charge in [0.1, 0.15) is 11.4 Å². The van der Waals surface area contributed by atoms with Crippen molar-refractivity contribution in [3.63, 3.8) is 0 Å². The highest BCUT2D eigenvalue weighted by Crippen LogP contribution is 2.27. The van der Waals surface area contributed by atoms with E-state index in [2.05, 4.69) is 10.3 Å². The summed E-state index contributed by atoms with van der Waals surface area (Å²) in [6.07, 6.45) is 0.359. The molecule has 0 unspecified atom stereocenters. The first-order valence-electron chi connectivity index (χ1n) is 7.70. The molecule has 0 atom stereocenters. The van der Waals surface area contributed by atoms with E-state index in [4.69, 9.17) is 0 Å². The Morgan fingerprint density at radius 3 is 2.65 bits per heavy atom. The first-order chi connectivity index (χ1) is 12.5. The van der Waals surface area contributed by atoms with Gasteiger partial charge in [-0.3, -0.25) is 20.2 Å². The topological polar surface area (TPSA) is 85.1 Å². The molecular formula is C18H14FN3O3S. The standard InChI is InChI=1S/C18H14FN3O3S/c1-11-16(10-12-6-2-4-8-14(12)19)26-18(20-11)21-17(23)13-7-3-5-9-15(13)22(24)25/h2-9H,10H2,1H3,(H,20,21,23). The van der Waals surface area contributed by atoms with Crippen LogP contribution in [0.1, 0.15) is 26.5 Å². The second-order valence-corrected chi connectivity index (χ2v) is 6.61. The molecule has 0 aliphatic carbocycles. The van der Waals surface area contributed by atoms with Crippen LogP contribution >= 0.6 is 11.3 Å². The number of carbonyl (C=O) groups excluding carboxylic acids is 1. The van der Waals surface area contributed by atoms with Crippen molar-refractivity contribution in [2.24, 2.45) is 0 Å². The number of para-hydroxylation sites is 1. The van der Waals surface area contributed by atoms with Gasteiger partial charge < -0.3 is 0 Å². The third-order valence-corrected chi connectivity index (χ3v) is 4.84. The zero-order valence-corrected chi connectivity index (χ0v) is 14.5. The van der Waals surface area contributed by atoms with E-state index in [1.54, 1.807) is 31.2 Å². The lowest BCUT2D eigenvalue weighted by molar-refractivity contribution is -0.385. The van der Waals surface area contributed by atoms with Gasteiger partial charge in [0, 0.05) is 17.4 Å². The third-order valence-electron chi connectivity index (χ3n) is 3.77. The van der Waals surface area contributed by atoms with Gasteiger partial charge in [0.2, 0.25) is 0 Å². The van der Waals surface area contributed by atoms with E-state index in [1.807, 2.05) is 0 Å². The van der Waals surface area contributed by atoms with Crippen molar-refractivity contribution in [3.8, 4) is 0 Å². The number of hydrogen-bond acceptors (Lipinski definition) is 5. The molecule has 0 radical (unpaired) electrons. The van der Waals surface area contributed by atoms with E-state index in [9.17, 15) is 19.3 Å². The normalized spacial score (nSPS) is 10.5. The number of benzene rings is 2. The minimum Gasteiger partial charge on any atom is -0.298 e. The van der Waals surface area contributed by atoms with Crippen molar-refractivity contribution in [2.45, 2.75) is 13.3 Å². The summed E-state index contributed by atoms with van der Waals surface area (Å²) in [4.78, 5) is 27.9. The van der Waals surface area contributed by atoms with Gasteiger partial charge in [0.15, 0.2) is 5.13 Å². The molecule has 3 aromatic rings. The zero-order valence-electron chi connectivity index (χ0n) is 13.7. The molecule has 0 spiro atoms. The summed E-state index contributed by atoms with van der Waals surface area (Å²) in [6.45, 7) is 1.77. The van der Waals surface area contributed by atoms with Crippen LogP contribution in [-0.2, 0) is 6.42 Å².